The van der Waals surface area contributed by atoms with E-state index >= 15 is 0 Å². The molecule has 0 radical (unpaired) electrons. The maximum Gasteiger partial charge on any atom is 0.316 e. The van der Waals surface area contributed by atoms with Crippen molar-refractivity contribution in [1.82, 2.24) is 5.32 Å². The number of fused-ring (bicyclic) bond motifs is 1. The van der Waals surface area contributed by atoms with Gasteiger partial charge in [0.15, 0.2) is 0 Å². The van der Waals surface area contributed by atoms with E-state index in [9.17, 15) is 18.2 Å². The molecule has 0 spiro atoms. The average Bonchev–Trinajstić information content (AvgIpc) is 3.12. The molecule has 2 amide bonds. The van der Waals surface area contributed by atoms with Crippen LogP contribution >= 0.6 is 11.6 Å². The molecule has 6 nitrogen and oxygen atoms in total. The number of hydrogen-bond acceptors (Lipinski definition) is 3. The molecule has 2 aromatic carbocycles. The van der Waals surface area contributed by atoms with E-state index < -0.39 is 28.6 Å². The Kier molecular flexibility index (Phi) is 7.10. The van der Waals surface area contributed by atoms with E-state index in [1.165, 1.54) is 23.1 Å². The Morgan fingerprint density at radius 2 is 2.03 bits per heavy atom. The number of anilines is 2. The summed E-state index contributed by atoms with van der Waals surface area (Å²) in [7, 11) is -1.11. The number of carbonyl (C=O) groups excluding carboxylic acids is 2. The van der Waals surface area contributed by atoms with Gasteiger partial charge in [-0.2, -0.15) is 0 Å². The van der Waals surface area contributed by atoms with Gasteiger partial charge in [-0.05, 0) is 60.4 Å². The smallest absolute Gasteiger partial charge is 0.316 e. The molecule has 3 rings (SSSR count). The highest BCUT2D eigenvalue weighted by atomic mass is 35.5. The van der Waals surface area contributed by atoms with Crippen molar-refractivity contribution in [3.05, 3.63) is 58.4 Å². The molecule has 0 saturated heterocycles. The lowest BCUT2D eigenvalue weighted by atomic mass is 10.1. The zero-order valence-electron chi connectivity index (χ0n) is 16.8. The molecule has 0 fully saturated rings. The van der Waals surface area contributed by atoms with Crippen LogP contribution in [0, 0.1) is 5.82 Å². The van der Waals surface area contributed by atoms with Crippen molar-refractivity contribution in [1.29, 1.82) is 0 Å². The minimum atomic E-state index is -1.11. The van der Waals surface area contributed by atoms with Crippen LogP contribution in [0.4, 0.5) is 15.8 Å². The van der Waals surface area contributed by atoms with E-state index in [-0.39, 0.29) is 11.6 Å². The quantitative estimate of drug-likeness (QED) is 0.686. The first-order chi connectivity index (χ1) is 14.3. The number of rotatable bonds is 6. The Bertz CT molecular complexity index is 981. The minimum absolute atomic E-state index is 0.0104. The normalized spacial score (nSPS) is 13.7. The maximum atomic E-state index is 13.5. The largest absolute Gasteiger partial charge is 0.344 e. The van der Waals surface area contributed by atoms with Gasteiger partial charge in [0.2, 0.25) is 0 Å². The molecule has 0 aromatic heterocycles. The Labute approximate surface area is 182 Å². The lowest BCUT2D eigenvalue weighted by Crippen LogP contribution is -2.43. The summed E-state index contributed by atoms with van der Waals surface area (Å²) < 4.78 is 27.1. The number of halogens is 2. The minimum Gasteiger partial charge on any atom is -0.344 e. The second kappa shape index (κ2) is 9.57. The predicted octanol–water partition coefficient (Wildman–Crippen LogP) is 3.19. The molecule has 1 unspecified atom stereocenters. The number of carbonyl (C=O) groups is 2. The topological polar surface area (TPSA) is 69.7 Å². The number of amides is 2. The van der Waals surface area contributed by atoms with Gasteiger partial charge >= 0.3 is 11.8 Å². The summed E-state index contributed by atoms with van der Waals surface area (Å²) in [6.07, 6.45) is 3.02. The van der Waals surface area contributed by atoms with Crippen LogP contribution in [0.15, 0.2) is 36.4 Å². The van der Waals surface area contributed by atoms with Gasteiger partial charge in [-0.25, -0.2) is 8.60 Å². The average molecular weight is 452 g/mol. The Morgan fingerprint density at radius 3 is 2.70 bits per heavy atom. The first-order valence-electron chi connectivity index (χ1n) is 9.58. The first-order valence-corrected chi connectivity index (χ1v) is 11.5. The Morgan fingerprint density at radius 1 is 1.27 bits per heavy atom. The molecule has 1 atom stereocenters. The van der Waals surface area contributed by atoms with Gasteiger partial charge in [-0.1, -0.05) is 18.5 Å². The van der Waals surface area contributed by atoms with Gasteiger partial charge in [-0.15, -0.1) is 0 Å². The van der Waals surface area contributed by atoms with E-state index in [1.54, 1.807) is 12.3 Å². The zero-order valence-corrected chi connectivity index (χ0v) is 18.4. The molecule has 0 bridgehead atoms. The van der Waals surface area contributed by atoms with Crippen molar-refractivity contribution >= 4 is 45.8 Å². The highest BCUT2D eigenvalue weighted by Gasteiger charge is 2.26. The van der Waals surface area contributed by atoms with Crippen LogP contribution in [-0.2, 0) is 33.5 Å². The highest BCUT2D eigenvalue weighted by Crippen LogP contribution is 2.32. The fourth-order valence-corrected chi connectivity index (χ4v) is 4.51. The molecular formula is C21H23ClFN3O3S. The molecule has 0 aliphatic carbocycles. The third-order valence-corrected chi connectivity index (χ3v) is 6.02. The maximum absolute atomic E-state index is 13.5. The molecule has 1 aliphatic rings. The predicted molar refractivity (Wildman–Crippen MR) is 117 cm³/mol. The lowest BCUT2D eigenvalue weighted by molar-refractivity contribution is -0.137. The van der Waals surface area contributed by atoms with Crippen molar-refractivity contribution in [3.63, 3.8) is 0 Å². The molecule has 160 valence electrons. The van der Waals surface area contributed by atoms with Crippen LogP contribution in [0.3, 0.4) is 0 Å². The summed E-state index contributed by atoms with van der Waals surface area (Å²) in [5, 5.41) is 2.75. The van der Waals surface area contributed by atoms with E-state index in [2.05, 4.69) is 5.32 Å². The van der Waals surface area contributed by atoms with Gasteiger partial charge in [0.25, 0.3) is 0 Å². The van der Waals surface area contributed by atoms with Gasteiger partial charge in [0, 0.05) is 36.6 Å². The Hall–Kier alpha value is -2.45. The van der Waals surface area contributed by atoms with Crippen molar-refractivity contribution < 1.29 is 18.2 Å². The van der Waals surface area contributed by atoms with Crippen LogP contribution in [0.25, 0.3) is 0 Å². The number of nitrogens with one attached hydrogen (secondary N) is 1. The first kappa shape index (κ1) is 22.2. The van der Waals surface area contributed by atoms with Gasteiger partial charge in [-0.3, -0.25) is 13.9 Å². The zero-order chi connectivity index (χ0) is 21.8. The monoisotopic (exact) mass is 451 g/mol. The van der Waals surface area contributed by atoms with Crippen LogP contribution in [0.2, 0.25) is 5.02 Å². The van der Waals surface area contributed by atoms with Crippen molar-refractivity contribution in [2.75, 3.05) is 28.6 Å². The van der Waals surface area contributed by atoms with Crippen molar-refractivity contribution in [2.24, 2.45) is 0 Å². The number of benzene rings is 2. The van der Waals surface area contributed by atoms with E-state index in [4.69, 9.17) is 11.6 Å². The summed E-state index contributed by atoms with van der Waals surface area (Å²) in [6, 6.07) is 9.42. The molecule has 30 heavy (non-hydrogen) atoms. The van der Waals surface area contributed by atoms with Gasteiger partial charge in [0.1, 0.15) is 16.8 Å². The molecule has 9 heteroatoms. The van der Waals surface area contributed by atoms with Gasteiger partial charge in [0.05, 0.1) is 5.69 Å². The molecule has 0 saturated carbocycles. The van der Waals surface area contributed by atoms with E-state index in [0.29, 0.717) is 30.8 Å². The third kappa shape index (κ3) is 4.99. The van der Waals surface area contributed by atoms with Crippen LogP contribution in [-0.4, -0.2) is 35.4 Å². The molecular weight excluding hydrogens is 429 g/mol. The number of nitrogens with zero attached hydrogens (tertiary/aromatic N) is 2. The second-order valence-corrected chi connectivity index (χ2v) is 8.73. The Balaban J connectivity index is 1.74. The summed E-state index contributed by atoms with van der Waals surface area (Å²) in [6.45, 7) is 2.94. The van der Waals surface area contributed by atoms with Gasteiger partial charge < -0.3 is 10.2 Å². The molecule has 1 N–H and O–H groups in total. The standard InChI is InChI=1S/C21H23ClFN3O3S/c1-3-7-25(18-4-5-19-15(11-18)6-8-26(19)30(2)29)21(28)20(27)24-13-14-9-16(22)12-17(23)10-14/h4-5,9-12H,3,6-8,13H2,1-2H3,(H,24,27). The SMILES string of the molecule is CCCN(C(=O)C(=O)NCc1cc(F)cc(Cl)c1)c1ccc2c(c1)CCN2S(C)=O. The van der Waals surface area contributed by atoms with Crippen LogP contribution < -0.4 is 14.5 Å². The summed E-state index contributed by atoms with van der Waals surface area (Å²) in [4.78, 5) is 26.7. The van der Waals surface area contributed by atoms with Crippen LogP contribution in [0.1, 0.15) is 24.5 Å². The van der Waals surface area contributed by atoms with Crippen molar-refractivity contribution in [2.45, 2.75) is 26.3 Å². The van der Waals surface area contributed by atoms with Crippen molar-refractivity contribution in [3.8, 4) is 0 Å². The lowest BCUT2D eigenvalue weighted by Gasteiger charge is -2.23. The third-order valence-electron chi connectivity index (χ3n) is 4.80. The number of hydrogen-bond donors (Lipinski definition) is 1. The van der Waals surface area contributed by atoms with E-state index in [1.807, 2.05) is 23.4 Å². The fraction of sp³-hybridized carbons (Fsp3) is 0.333. The van der Waals surface area contributed by atoms with Crippen LogP contribution in [0.5, 0.6) is 0 Å². The molecule has 1 aliphatic heterocycles. The summed E-state index contributed by atoms with van der Waals surface area (Å²) >= 11 is 5.83. The fourth-order valence-electron chi connectivity index (χ4n) is 3.46. The summed E-state index contributed by atoms with van der Waals surface area (Å²) in [5.74, 6) is -1.97. The summed E-state index contributed by atoms with van der Waals surface area (Å²) in [5.41, 5.74) is 2.96. The van der Waals surface area contributed by atoms with E-state index in [0.717, 1.165) is 17.7 Å². The highest BCUT2D eigenvalue weighted by molar-refractivity contribution is 7.85. The molecule has 2 aromatic rings. The second-order valence-electron chi connectivity index (χ2n) is 7.01. The molecule has 1 heterocycles.